The largest absolute Gasteiger partial charge is 0.365 e. The summed E-state index contributed by atoms with van der Waals surface area (Å²) in [4.78, 5) is 25.7. The lowest BCUT2D eigenvalue weighted by molar-refractivity contribution is -0.113. The molecule has 1 aliphatic rings. The number of carbonyl (C=O) groups is 2. The summed E-state index contributed by atoms with van der Waals surface area (Å²) >= 11 is 14.9. The van der Waals surface area contributed by atoms with Gasteiger partial charge in [-0.25, -0.2) is 0 Å². The Labute approximate surface area is 197 Å². The first-order valence-corrected chi connectivity index (χ1v) is 12.1. The zero-order valence-corrected chi connectivity index (χ0v) is 19.7. The van der Waals surface area contributed by atoms with Gasteiger partial charge in [-0.2, -0.15) is 0 Å². The van der Waals surface area contributed by atoms with Crippen molar-refractivity contribution in [1.29, 1.82) is 0 Å². The number of hydrogen-bond donors (Lipinski definition) is 2. The van der Waals surface area contributed by atoms with Crippen LogP contribution in [-0.2, 0) is 24.7 Å². The van der Waals surface area contributed by atoms with Crippen LogP contribution < -0.4 is 11.1 Å². The van der Waals surface area contributed by atoms with E-state index in [0.717, 1.165) is 36.1 Å². The minimum Gasteiger partial charge on any atom is -0.365 e. The van der Waals surface area contributed by atoms with Gasteiger partial charge in [0.05, 0.1) is 16.3 Å². The highest BCUT2D eigenvalue weighted by molar-refractivity contribution is 7.99. The van der Waals surface area contributed by atoms with Crippen molar-refractivity contribution in [3.8, 4) is 11.4 Å². The average Bonchev–Trinajstić information content (AvgIpc) is 3.26. The SMILES string of the molecule is Cn1c(SCC(=O)Nc2sc3c(c2C(N)=O)CCCC3)nnc1-c1ccc(Cl)cc1Cl. The van der Waals surface area contributed by atoms with Gasteiger partial charge >= 0.3 is 0 Å². The highest BCUT2D eigenvalue weighted by Gasteiger charge is 2.25. The summed E-state index contributed by atoms with van der Waals surface area (Å²) in [5, 5.41) is 13.3. The van der Waals surface area contributed by atoms with Gasteiger partial charge in [-0.3, -0.25) is 9.59 Å². The van der Waals surface area contributed by atoms with E-state index in [2.05, 4.69) is 15.5 Å². The molecule has 3 N–H and O–H groups in total. The van der Waals surface area contributed by atoms with Crippen LogP contribution in [0.5, 0.6) is 0 Å². The molecule has 162 valence electrons. The molecule has 0 atom stereocenters. The second-order valence-electron chi connectivity index (χ2n) is 7.11. The molecule has 0 saturated carbocycles. The molecule has 0 spiro atoms. The molecule has 31 heavy (non-hydrogen) atoms. The van der Waals surface area contributed by atoms with E-state index in [0.29, 0.717) is 37.2 Å². The molecular formula is C20H19Cl2N5O2S2. The lowest BCUT2D eigenvalue weighted by Crippen LogP contribution is -2.19. The van der Waals surface area contributed by atoms with Crippen LogP contribution in [0.25, 0.3) is 11.4 Å². The van der Waals surface area contributed by atoms with Crippen LogP contribution in [0.1, 0.15) is 33.6 Å². The Balaban J connectivity index is 1.46. The van der Waals surface area contributed by atoms with E-state index in [1.54, 1.807) is 29.8 Å². The molecule has 2 amide bonds. The summed E-state index contributed by atoms with van der Waals surface area (Å²) in [6.45, 7) is 0. The second-order valence-corrected chi connectivity index (χ2v) is 10.00. The standard InChI is InChI=1S/C20H19Cl2N5O2S2/c1-27-18(11-7-6-10(21)8-13(11)22)25-26-20(27)30-9-15(28)24-19-16(17(23)29)12-4-2-3-5-14(12)31-19/h6-8H,2-5,9H2,1H3,(H2,23,29)(H,24,28). The zero-order valence-electron chi connectivity index (χ0n) is 16.6. The maximum absolute atomic E-state index is 12.6. The number of thioether (sulfide) groups is 1. The monoisotopic (exact) mass is 495 g/mol. The van der Waals surface area contributed by atoms with Crippen molar-refractivity contribution in [3.05, 3.63) is 44.2 Å². The molecule has 0 saturated heterocycles. The van der Waals surface area contributed by atoms with Crippen molar-refractivity contribution in [2.24, 2.45) is 12.8 Å². The highest BCUT2D eigenvalue weighted by Crippen LogP contribution is 2.38. The number of halogens is 2. The Hall–Kier alpha value is -2.07. The summed E-state index contributed by atoms with van der Waals surface area (Å²) in [7, 11) is 1.80. The lowest BCUT2D eigenvalue weighted by Gasteiger charge is -2.11. The van der Waals surface area contributed by atoms with Gasteiger partial charge in [0, 0.05) is 22.5 Å². The van der Waals surface area contributed by atoms with E-state index in [-0.39, 0.29) is 11.7 Å². The average molecular weight is 496 g/mol. The molecule has 4 rings (SSSR count). The number of thiophene rings is 1. The van der Waals surface area contributed by atoms with E-state index < -0.39 is 5.91 Å². The minimum absolute atomic E-state index is 0.112. The number of amides is 2. The number of fused-ring (bicyclic) bond motifs is 1. The molecule has 0 radical (unpaired) electrons. The molecule has 11 heteroatoms. The van der Waals surface area contributed by atoms with Crippen molar-refractivity contribution < 1.29 is 9.59 Å². The molecule has 2 aromatic heterocycles. The Kier molecular flexibility index (Phi) is 6.57. The Morgan fingerprint density at radius 3 is 2.77 bits per heavy atom. The summed E-state index contributed by atoms with van der Waals surface area (Å²) in [5.74, 6) is -0.0481. The number of carbonyl (C=O) groups excluding carboxylic acids is 2. The smallest absolute Gasteiger partial charge is 0.251 e. The molecule has 1 aromatic carbocycles. The third-order valence-electron chi connectivity index (χ3n) is 5.01. The van der Waals surface area contributed by atoms with Crippen molar-refractivity contribution in [2.45, 2.75) is 30.8 Å². The summed E-state index contributed by atoms with van der Waals surface area (Å²) in [5.41, 5.74) is 7.74. The summed E-state index contributed by atoms with van der Waals surface area (Å²) < 4.78 is 1.77. The first-order valence-electron chi connectivity index (χ1n) is 9.57. The van der Waals surface area contributed by atoms with Crippen molar-refractivity contribution in [1.82, 2.24) is 14.8 Å². The third-order valence-corrected chi connectivity index (χ3v) is 7.79. The normalized spacial score (nSPS) is 13.1. The molecule has 0 bridgehead atoms. The fourth-order valence-corrected chi connectivity index (χ4v) is 6.07. The number of primary amides is 1. The zero-order chi connectivity index (χ0) is 22.1. The van der Waals surface area contributed by atoms with Crippen molar-refractivity contribution in [3.63, 3.8) is 0 Å². The number of nitrogens with two attached hydrogens (primary N) is 1. The van der Waals surface area contributed by atoms with Gasteiger partial charge in [-0.1, -0.05) is 35.0 Å². The van der Waals surface area contributed by atoms with Crippen molar-refractivity contribution >= 4 is 63.1 Å². The lowest BCUT2D eigenvalue weighted by atomic mass is 9.95. The van der Waals surface area contributed by atoms with E-state index in [9.17, 15) is 9.59 Å². The molecule has 0 fully saturated rings. The van der Waals surface area contributed by atoms with E-state index in [4.69, 9.17) is 28.9 Å². The topological polar surface area (TPSA) is 103 Å². The van der Waals surface area contributed by atoms with Gasteiger partial charge in [0.25, 0.3) is 5.91 Å². The number of anilines is 1. The fraction of sp³-hybridized carbons (Fsp3) is 0.300. The first kappa shape index (κ1) is 22.1. The first-order chi connectivity index (χ1) is 14.8. The van der Waals surface area contributed by atoms with E-state index in [1.165, 1.54) is 23.1 Å². The summed E-state index contributed by atoms with van der Waals surface area (Å²) in [6.07, 6.45) is 3.85. The van der Waals surface area contributed by atoms with Crippen LogP contribution >= 0.6 is 46.3 Å². The number of hydrogen-bond acceptors (Lipinski definition) is 6. The number of nitrogens with one attached hydrogen (secondary N) is 1. The summed E-state index contributed by atoms with van der Waals surface area (Å²) in [6, 6.07) is 5.15. The molecule has 3 aromatic rings. The second kappa shape index (κ2) is 9.20. The van der Waals surface area contributed by atoms with Crippen LogP contribution in [0.3, 0.4) is 0 Å². The molecule has 2 heterocycles. The van der Waals surface area contributed by atoms with Crippen molar-refractivity contribution in [2.75, 3.05) is 11.1 Å². The van der Waals surface area contributed by atoms with Gasteiger partial charge in [0.2, 0.25) is 5.91 Å². The third kappa shape index (κ3) is 4.59. The Morgan fingerprint density at radius 1 is 1.26 bits per heavy atom. The molecule has 0 aliphatic heterocycles. The number of rotatable bonds is 6. The number of aryl methyl sites for hydroxylation is 1. The molecule has 0 unspecified atom stereocenters. The Bertz CT molecular complexity index is 1170. The number of aromatic nitrogens is 3. The Morgan fingerprint density at radius 2 is 2.03 bits per heavy atom. The van der Waals surface area contributed by atoms with Gasteiger partial charge in [-0.15, -0.1) is 21.5 Å². The van der Waals surface area contributed by atoms with Gasteiger partial charge in [0.15, 0.2) is 11.0 Å². The molecule has 1 aliphatic carbocycles. The van der Waals surface area contributed by atoms with Crippen LogP contribution in [0.15, 0.2) is 23.4 Å². The minimum atomic E-state index is -0.500. The van der Waals surface area contributed by atoms with Crippen LogP contribution in [0.4, 0.5) is 5.00 Å². The van der Waals surface area contributed by atoms with Crippen LogP contribution in [0, 0.1) is 0 Å². The predicted molar refractivity (Wildman–Crippen MR) is 125 cm³/mol. The molecular weight excluding hydrogens is 477 g/mol. The predicted octanol–water partition coefficient (Wildman–Crippen LogP) is 4.56. The van der Waals surface area contributed by atoms with E-state index in [1.807, 2.05) is 0 Å². The van der Waals surface area contributed by atoms with Crippen LogP contribution in [-0.4, -0.2) is 32.3 Å². The van der Waals surface area contributed by atoms with Crippen LogP contribution in [0.2, 0.25) is 10.0 Å². The fourth-order valence-electron chi connectivity index (χ4n) is 3.55. The molecule has 7 nitrogen and oxygen atoms in total. The van der Waals surface area contributed by atoms with Gasteiger partial charge in [-0.05, 0) is 49.4 Å². The quantitative estimate of drug-likeness (QED) is 0.487. The number of nitrogens with zero attached hydrogens (tertiary/aromatic N) is 3. The van der Waals surface area contributed by atoms with Gasteiger partial charge < -0.3 is 15.6 Å². The number of benzene rings is 1. The maximum Gasteiger partial charge on any atom is 0.251 e. The van der Waals surface area contributed by atoms with E-state index >= 15 is 0 Å². The van der Waals surface area contributed by atoms with Gasteiger partial charge in [0.1, 0.15) is 5.00 Å². The maximum atomic E-state index is 12.6. The highest BCUT2D eigenvalue weighted by atomic mass is 35.5.